The van der Waals surface area contributed by atoms with Gasteiger partial charge in [-0.25, -0.2) is 0 Å². The first-order valence-electron chi connectivity index (χ1n) is 7.24. The van der Waals surface area contributed by atoms with Crippen LogP contribution in [0.15, 0.2) is 0 Å². The van der Waals surface area contributed by atoms with Crippen molar-refractivity contribution >= 4 is 17.7 Å². The summed E-state index contributed by atoms with van der Waals surface area (Å²) in [6.45, 7) is 5.51. The summed E-state index contributed by atoms with van der Waals surface area (Å²) < 4.78 is 4.95. The zero-order valence-corrected chi connectivity index (χ0v) is 12.6. The van der Waals surface area contributed by atoms with Crippen LogP contribution >= 0.6 is 11.8 Å². The van der Waals surface area contributed by atoms with Gasteiger partial charge in [0.25, 0.3) is 0 Å². The van der Waals surface area contributed by atoms with E-state index in [9.17, 15) is 4.79 Å². The van der Waals surface area contributed by atoms with E-state index in [1.54, 1.807) is 11.8 Å². The summed E-state index contributed by atoms with van der Waals surface area (Å²) in [4.78, 5) is 11.3. The zero-order chi connectivity index (χ0) is 13.2. The third kappa shape index (κ3) is 6.10. The molecule has 1 fully saturated rings. The topological polar surface area (TPSA) is 38.3 Å². The Labute approximate surface area is 115 Å². The Balaban J connectivity index is 2.26. The number of rotatable bonds is 8. The van der Waals surface area contributed by atoms with Gasteiger partial charge >= 0.3 is 5.97 Å². The van der Waals surface area contributed by atoms with Gasteiger partial charge in [-0.15, -0.1) is 11.8 Å². The van der Waals surface area contributed by atoms with Gasteiger partial charge in [0.15, 0.2) is 0 Å². The van der Waals surface area contributed by atoms with E-state index in [1.165, 1.54) is 32.1 Å². The van der Waals surface area contributed by atoms with Crippen molar-refractivity contribution in [2.24, 2.45) is 5.92 Å². The Kier molecular flexibility index (Phi) is 8.51. The van der Waals surface area contributed by atoms with Crippen LogP contribution in [0.5, 0.6) is 0 Å². The van der Waals surface area contributed by atoms with E-state index in [1.807, 2.05) is 6.92 Å². The van der Waals surface area contributed by atoms with Gasteiger partial charge in [-0.2, -0.15) is 0 Å². The molecule has 0 heterocycles. The molecule has 0 aliphatic heterocycles. The molecule has 1 atom stereocenters. The molecule has 0 saturated heterocycles. The molecule has 1 N–H and O–H groups in total. The molecule has 1 aliphatic carbocycles. The minimum Gasteiger partial charge on any atom is -0.465 e. The highest BCUT2D eigenvalue weighted by molar-refractivity contribution is 7.99. The lowest BCUT2D eigenvalue weighted by atomic mass is 9.84. The fourth-order valence-electron chi connectivity index (χ4n) is 2.63. The Morgan fingerprint density at radius 3 is 2.67 bits per heavy atom. The van der Waals surface area contributed by atoms with Crippen LogP contribution in [0.4, 0.5) is 0 Å². The minimum absolute atomic E-state index is 0.0820. The van der Waals surface area contributed by atoms with Crippen molar-refractivity contribution in [1.82, 2.24) is 5.32 Å². The van der Waals surface area contributed by atoms with Crippen molar-refractivity contribution in [3.63, 3.8) is 0 Å². The lowest BCUT2D eigenvalue weighted by Crippen LogP contribution is -2.39. The molecule has 1 rings (SSSR count). The van der Waals surface area contributed by atoms with Crippen LogP contribution in [-0.2, 0) is 9.53 Å². The standard InChI is InChI=1S/C14H27NO2S/c1-3-15-13(12-8-6-5-7-9-12)10-18-11-14(16)17-4-2/h12-13,15H,3-11H2,1-2H3. The molecule has 1 unspecified atom stereocenters. The summed E-state index contributed by atoms with van der Waals surface area (Å²) in [7, 11) is 0. The minimum atomic E-state index is -0.0820. The van der Waals surface area contributed by atoms with Crippen molar-refractivity contribution in [2.75, 3.05) is 24.7 Å². The highest BCUT2D eigenvalue weighted by Crippen LogP contribution is 2.28. The number of ether oxygens (including phenoxy) is 1. The molecule has 0 aromatic rings. The van der Waals surface area contributed by atoms with Crippen LogP contribution in [0, 0.1) is 5.92 Å². The van der Waals surface area contributed by atoms with Crippen molar-refractivity contribution in [1.29, 1.82) is 0 Å². The molecular weight excluding hydrogens is 246 g/mol. The fraction of sp³-hybridized carbons (Fsp3) is 0.929. The Hall–Kier alpha value is -0.220. The van der Waals surface area contributed by atoms with Gasteiger partial charge in [-0.3, -0.25) is 4.79 Å². The predicted molar refractivity (Wildman–Crippen MR) is 78.0 cm³/mol. The lowest BCUT2D eigenvalue weighted by molar-refractivity contribution is -0.139. The van der Waals surface area contributed by atoms with Gasteiger partial charge in [0.05, 0.1) is 12.4 Å². The maximum absolute atomic E-state index is 11.3. The van der Waals surface area contributed by atoms with Gasteiger partial charge < -0.3 is 10.1 Å². The smallest absolute Gasteiger partial charge is 0.315 e. The Bertz CT molecular complexity index is 230. The first-order valence-corrected chi connectivity index (χ1v) is 8.40. The molecule has 1 saturated carbocycles. The number of thioether (sulfide) groups is 1. The van der Waals surface area contributed by atoms with Crippen LogP contribution in [-0.4, -0.2) is 36.7 Å². The van der Waals surface area contributed by atoms with Crippen LogP contribution in [0.1, 0.15) is 46.0 Å². The first-order chi connectivity index (χ1) is 8.77. The molecule has 3 nitrogen and oxygen atoms in total. The van der Waals surface area contributed by atoms with Crippen LogP contribution in [0.2, 0.25) is 0 Å². The molecule has 0 bridgehead atoms. The van der Waals surface area contributed by atoms with Crippen molar-refractivity contribution in [3.05, 3.63) is 0 Å². The summed E-state index contributed by atoms with van der Waals surface area (Å²) in [6.07, 6.45) is 6.82. The van der Waals surface area contributed by atoms with E-state index in [4.69, 9.17) is 4.74 Å². The predicted octanol–water partition coefficient (Wildman–Crippen LogP) is 2.84. The number of carbonyl (C=O) groups is 1. The number of hydrogen-bond acceptors (Lipinski definition) is 4. The fourth-order valence-corrected chi connectivity index (χ4v) is 3.64. The van der Waals surface area contributed by atoms with Crippen LogP contribution in [0.25, 0.3) is 0 Å². The number of carbonyl (C=O) groups excluding carboxylic acids is 1. The van der Waals surface area contributed by atoms with Gasteiger partial charge in [0, 0.05) is 11.8 Å². The molecule has 106 valence electrons. The summed E-state index contributed by atoms with van der Waals surface area (Å²) in [5, 5.41) is 3.59. The average molecular weight is 273 g/mol. The molecule has 0 radical (unpaired) electrons. The molecule has 18 heavy (non-hydrogen) atoms. The zero-order valence-electron chi connectivity index (χ0n) is 11.7. The summed E-state index contributed by atoms with van der Waals surface area (Å²) >= 11 is 1.71. The van der Waals surface area contributed by atoms with E-state index in [0.29, 0.717) is 18.4 Å². The van der Waals surface area contributed by atoms with Crippen LogP contribution < -0.4 is 5.32 Å². The quantitative estimate of drug-likeness (QED) is 0.690. The third-order valence-electron chi connectivity index (χ3n) is 3.51. The summed E-state index contributed by atoms with van der Waals surface area (Å²) in [5.41, 5.74) is 0. The van der Waals surface area contributed by atoms with E-state index in [-0.39, 0.29) is 5.97 Å². The number of nitrogens with one attached hydrogen (secondary N) is 1. The molecular formula is C14H27NO2S. The number of esters is 1. The Morgan fingerprint density at radius 1 is 1.33 bits per heavy atom. The lowest BCUT2D eigenvalue weighted by Gasteiger charge is -2.30. The molecule has 0 spiro atoms. The van der Waals surface area contributed by atoms with Crippen LogP contribution in [0.3, 0.4) is 0 Å². The summed E-state index contributed by atoms with van der Waals surface area (Å²) in [5.74, 6) is 2.23. The second-order valence-electron chi connectivity index (χ2n) is 4.88. The Morgan fingerprint density at radius 2 is 2.06 bits per heavy atom. The van der Waals surface area contributed by atoms with E-state index < -0.39 is 0 Å². The molecule has 0 aromatic carbocycles. The molecule has 0 aromatic heterocycles. The highest BCUT2D eigenvalue weighted by Gasteiger charge is 2.23. The second-order valence-corrected chi connectivity index (χ2v) is 5.91. The monoisotopic (exact) mass is 273 g/mol. The maximum Gasteiger partial charge on any atom is 0.315 e. The van der Waals surface area contributed by atoms with Gasteiger partial charge in [0.2, 0.25) is 0 Å². The van der Waals surface area contributed by atoms with Crippen molar-refractivity contribution < 1.29 is 9.53 Å². The SMILES string of the molecule is CCNC(CSCC(=O)OCC)C1CCCCC1. The first kappa shape index (κ1) is 15.8. The largest absolute Gasteiger partial charge is 0.465 e. The third-order valence-corrected chi connectivity index (χ3v) is 4.54. The average Bonchev–Trinajstić information content (AvgIpc) is 2.39. The molecule has 1 aliphatic rings. The van der Waals surface area contributed by atoms with Gasteiger partial charge in [-0.1, -0.05) is 26.2 Å². The summed E-state index contributed by atoms with van der Waals surface area (Å²) in [6, 6.07) is 0.565. The second kappa shape index (κ2) is 9.68. The number of hydrogen-bond donors (Lipinski definition) is 1. The molecule has 4 heteroatoms. The van der Waals surface area contributed by atoms with E-state index in [0.717, 1.165) is 18.2 Å². The van der Waals surface area contributed by atoms with Gasteiger partial charge in [-0.05, 0) is 32.2 Å². The van der Waals surface area contributed by atoms with E-state index in [2.05, 4.69) is 12.2 Å². The highest BCUT2D eigenvalue weighted by atomic mass is 32.2. The van der Waals surface area contributed by atoms with E-state index >= 15 is 0 Å². The van der Waals surface area contributed by atoms with Crippen molar-refractivity contribution in [2.45, 2.75) is 52.0 Å². The van der Waals surface area contributed by atoms with Gasteiger partial charge in [0.1, 0.15) is 0 Å². The normalized spacial score (nSPS) is 18.6. The van der Waals surface area contributed by atoms with Crippen molar-refractivity contribution in [3.8, 4) is 0 Å². The molecule has 0 amide bonds. The maximum atomic E-state index is 11.3.